The Balaban J connectivity index is 3.32. The van der Waals surface area contributed by atoms with E-state index in [0.717, 1.165) is 0 Å². The van der Waals surface area contributed by atoms with Crippen molar-refractivity contribution in [3.63, 3.8) is 0 Å². The van der Waals surface area contributed by atoms with E-state index < -0.39 is 60.1 Å². The average molecular weight is 420 g/mol. The molecule has 0 saturated heterocycles. The van der Waals surface area contributed by atoms with Gasteiger partial charge in [0, 0.05) is 0 Å². The Bertz CT molecular complexity index is 536. The molecule has 0 unspecified atom stereocenters. The molecule has 18 heteroatoms. The third kappa shape index (κ3) is 6.50. The summed E-state index contributed by atoms with van der Waals surface area (Å²) in [6.45, 7) is 0. The largest absolute Gasteiger partial charge is 0.470 e. The first-order chi connectivity index (χ1) is 10.5. The van der Waals surface area contributed by atoms with E-state index in [1.807, 2.05) is 0 Å². The molecule has 0 amide bonds. The molecule has 1 aliphatic carbocycles. The van der Waals surface area contributed by atoms with Crippen molar-refractivity contribution < 1.29 is 71.9 Å². The summed E-state index contributed by atoms with van der Waals surface area (Å²) in [5, 5.41) is 29.0. The summed E-state index contributed by atoms with van der Waals surface area (Å²) >= 11 is 0. The monoisotopic (exact) mass is 420 g/mol. The molecule has 1 aliphatic rings. The van der Waals surface area contributed by atoms with Gasteiger partial charge in [-0.3, -0.25) is 13.6 Å². The highest BCUT2D eigenvalue weighted by Crippen LogP contribution is 2.50. The van der Waals surface area contributed by atoms with Gasteiger partial charge < -0.3 is 44.7 Å². The molecule has 1 rings (SSSR count). The van der Waals surface area contributed by atoms with Crippen LogP contribution in [0, 0.1) is 0 Å². The second-order valence-corrected chi connectivity index (χ2v) is 8.23. The predicted octanol–water partition coefficient (Wildman–Crippen LogP) is -3.48. The van der Waals surface area contributed by atoms with Gasteiger partial charge in [0.15, 0.2) is 0 Å². The fourth-order valence-electron chi connectivity index (χ4n) is 2.01. The number of aliphatic hydroxyl groups excluding tert-OH is 3. The molecule has 9 N–H and O–H groups in total. The first-order valence-electron chi connectivity index (χ1n) is 5.78. The molecule has 0 spiro atoms. The highest BCUT2D eigenvalue weighted by Gasteiger charge is 2.56. The van der Waals surface area contributed by atoms with E-state index in [-0.39, 0.29) is 0 Å². The van der Waals surface area contributed by atoms with Gasteiger partial charge in [-0.25, -0.2) is 13.7 Å². The minimum atomic E-state index is -5.48. The van der Waals surface area contributed by atoms with Gasteiger partial charge in [0.05, 0.1) is 0 Å². The topological polar surface area (TPSA) is 261 Å². The number of phosphoric ester groups is 3. The number of phosphoric acid groups is 3. The lowest BCUT2D eigenvalue weighted by molar-refractivity contribution is -0.212. The van der Waals surface area contributed by atoms with E-state index in [2.05, 4.69) is 13.6 Å². The molecule has 1 fully saturated rings. The van der Waals surface area contributed by atoms with Gasteiger partial charge in [-0.2, -0.15) is 0 Å². The summed E-state index contributed by atoms with van der Waals surface area (Å²) in [5.41, 5.74) is 0. The standard InChI is InChI=1S/C6H15O15P3/c7-1-2(8)4(19-22(10,11)12)6(21-24(16,17)18)5(3(1)9)20-23(13,14)15/h1-9H,(H2,10,11,12)(H2,13,14,15)(H2,16,17,18)/t1-,2-,3-,4+,5+,6-/m1/s1. The van der Waals surface area contributed by atoms with E-state index in [1.54, 1.807) is 0 Å². The highest BCUT2D eigenvalue weighted by molar-refractivity contribution is 7.47. The minimum Gasteiger partial charge on any atom is -0.387 e. The fourth-order valence-corrected chi connectivity index (χ4v) is 3.69. The molecule has 0 heterocycles. The maximum atomic E-state index is 11.0. The van der Waals surface area contributed by atoms with Gasteiger partial charge in [-0.05, 0) is 0 Å². The summed E-state index contributed by atoms with van der Waals surface area (Å²) in [7, 11) is -16.3. The summed E-state index contributed by atoms with van der Waals surface area (Å²) < 4.78 is 45.0. The Morgan fingerprint density at radius 2 is 0.750 bits per heavy atom. The van der Waals surface area contributed by atoms with Crippen LogP contribution in [0.1, 0.15) is 0 Å². The van der Waals surface area contributed by atoms with Crippen LogP contribution in [0.3, 0.4) is 0 Å². The maximum absolute atomic E-state index is 11.0. The van der Waals surface area contributed by atoms with Crippen molar-refractivity contribution in [1.29, 1.82) is 0 Å². The molecular weight excluding hydrogens is 405 g/mol. The van der Waals surface area contributed by atoms with Gasteiger partial charge in [-0.1, -0.05) is 0 Å². The summed E-state index contributed by atoms with van der Waals surface area (Å²) in [4.78, 5) is 52.7. The second-order valence-electron chi connectivity index (χ2n) is 4.65. The van der Waals surface area contributed by atoms with Crippen molar-refractivity contribution in [2.24, 2.45) is 0 Å². The summed E-state index contributed by atoms with van der Waals surface area (Å²) in [6, 6.07) is 0. The molecule has 144 valence electrons. The van der Waals surface area contributed by atoms with Gasteiger partial charge in [0.25, 0.3) is 0 Å². The number of hydrogen-bond donors (Lipinski definition) is 9. The van der Waals surface area contributed by atoms with Crippen LogP contribution < -0.4 is 0 Å². The zero-order valence-electron chi connectivity index (χ0n) is 11.3. The van der Waals surface area contributed by atoms with E-state index >= 15 is 0 Å². The number of aliphatic hydroxyl groups is 3. The predicted molar refractivity (Wildman–Crippen MR) is 68.8 cm³/mol. The lowest BCUT2D eigenvalue weighted by Crippen LogP contribution is -2.65. The van der Waals surface area contributed by atoms with Crippen LogP contribution in [-0.2, 0) is 27.3 Å². The third-order valence-electron chi connectivity index (χ3n) is 2.80. The van der Waals surface area contributed by atoms with Gasteiger partial charge in [0.1, 0.15) is 36.6 Å². The van der Waals surface area contributed by atoms with Crippen LogP contribution >= 0.6 is 23.5 Å². The Hall–Kier alpha value is 0.210. The maximum Gasteiger partial charge on any atom is 0.470 e. The molecule has 0 aromatic rings. The van der Waals surface area contributed by atoms with E-state index in [1.165, 1.54) is 0 Å². The summed E-state index contributed by atoms with van der Waals surface area (Å²) in [6.07, 6.45) is -14.3. The highest BCUT2D eigenvalue weighted by atomic mass is 31.2. The van der Waals surface area contributed by atoms with Crippen molar-refractivity contribution in [2.45, 2.75) is 36.6 Å². The Kier molecular flexibility index (Phi) is 6.90. The molecule has 0 aromatic heterocycles. The first kappa shape index (κ1) is 22.3. The molecular formula is C6H15O15P3. The molecule has 0 aliphatic heterocycles. The Morgan fingerprint density at radius 1 is 0.500 bits per heavy atom. The normalized spacial score (nSPS) is 35.9. The van der Waals surface area contributed by atoms with Gasteiger partial charge in [-0.15, -0.1) is 0 Å². The van der Waals surface area contributed by atoms with Crippen molar-refractivity contribution >= 4 is 23.5 Å². The Morgan fingerprint density at radius 3 is 1.00 bits per heavy atom. The minimum absolute atomic E-state index is 2.31. The number of hydrogen-bond acceptors (Lipinski definition) is 9. The molecule has 0 bridgehead atoms. The van der Waals surface area contributed by atoms with E-state index in [4.69, 9.17) is 29.4 Å². The van der Waals surface area contributed by atoms with Crippen LogP contribution in [0.25, 0.3) is 0 Å². The zero-order valence-corrected chi connectivity index (χ0v) is 14.0. The number of rotatable bonds is 6. The van der Waals surface area contributed by atoms with Crippen molar-refractivity contribution in [3.8, 4) is 0 Å². The van der Waals surface area contributed by atoms with E-state index in [9.17, 15) is 29.0 Å². The van der Waals surface area contributed by atoms with Crippen molar-refractivity contribution in [1.82, 2.24) is 0 Å². The molecule has 0 radical (unpaired) electrons. The van der Waals surface area contributed by atoms with Crippen LogP contribution in [0.2, 0.25) is 0 Å². The lowest BCUT2D eigenvalue weighted by Gasteiger charge is -2.44. The zero-order chi connectivity index (χ0) is 19.1. The van der Waals surface area contributed by atoms with Crippen LogP contribution in [0.15, 0.2) is 0 Å². The summed E-state index contributed by atoms with van der Waals surface area (Å²) in [5.74, 6) is 0. The SMILES string of the molecule is O=P(O)(O)O[C@@H]1[C@H](OP(=O)(O)O)[C@@H](OP(=O)(O)O)[C@H](O)[C@@H](O)[C@H]1O. The molecule has 4 atom stereocenters. The van der Waals surface area contributed by atoms with Crippen LogP contribution in [-0.4, -0.2) is 81.3 Å². The molecule has 15 nitrogen and oxygen atoms in total. The first-order valence-corrected chi connectivity index (χ1v) is 10.4. The van der Waals surface area contributed by atoms with Gasteiger partial charge >= 0.3 is 23.5 Å². The van der Waals surface area contributed by atoms with Crippen molar-refractivity contribution in [3.05, 3.63) is 0 Å². The second kappa shape index (κ2) is 7.45. The average Bonchev–Trinajstić information content (AvgIpc) is 2.32. The van der Waals surface area contributed by atoms with E-state index in [0.29, 0.717) is 0 Å². The van der Waals surface area contributed by atoms with Gasteiger partial charge in [0.2, 0.25) is 0 Å². The van der Waals surface area contributed by atoms with Crippen LogP contribution in [0.5, 0.6) is 0 Å². The molecule has 1 saturated carbocycles. The fraction of sp³-hybridized carbons (Fsp3) is 1.00. The lowest BCUT2D eigenvalue weighted by atomic mass is 9.85. The van der Waals surface area contributed by atoms with Crippen LogP contribution in [0.4, 0.5) is 0 Å². The Labute approximate surface area is 133 Å². The quantitative estimate of drug-likeness (QED) is 0.189. The smallest absolute Gasteiger partial charge is 0.387 e. The molecule has 24 heavy (non-hydrogen) atoms. The third-order valence-corrected chi connectivity index (χ3v) is 4.35. The molecule has 0 aromatic carbocycles. The van der Waals surface area contributed by atoms with Crippen molar-refractivity contribution in [2.75, 3.05) is 0 Å².